The zero-order chi connectivity index (χ0) is 9.84. The lowest BCUT2D eigenvalue weighted by atomic mass is 10.1. The van der Waals surface area contributed by atoms with Crippen molar-refractivity contribution in [1.29, 1.82) is 0 Å². The molecule has 3 heteroatoms. The lowest BCUT2D eigenvalue weighted by Gasteiger charge is -2.12. The summed E-state index contributed by atoms with van der Waals surface area (Å²) < 4.78 is 0. The minimum atomic E-state index is 0.0341. The molecule has 0 saturated heterocycles. The van der Waals surface area contributed by atoms with Gasteiger partial charge in [0.2, 0.25) is 5.91 Å². The summed E-state index contributed by atoms with van der Waals surface area (Å²) in [4.78, 5) is 11.3. The highest BCUT2D eigenvalue weighted by Gasteiger charge is 2.29. The summed E-state index contributed by atoms with van der Waals surface area (Å²) in [5, 5.41) is 2.81. The van der Waals surface area contributed by atoms with Gasteiger partial charge in [-0.05, 0) is 25.7 Å². The van der Waals surface area contributed by atoms with E-state index >= 15 is 0 Å². The Balaban J connectivity index is 2.19. The third-order valence-corrected chi connectivity index (χ3v) is 2.39. The highest BCUT2D eigenvalue weighted by molar-refractivity contribution is 5.77. The van der Waals surface area contributed by atoms with Gasteiger partial charge in [-0.2, -0.15) is 0 Å². The smallest absolute Gasteiger partial charge is 0.222 e. The molecule has 0 bridgehead atoms. The Kier molecular flexibility index (Phi) is 3.48. The second-order valence-electron chi connectivity index (χ2n) is 3.80. The van der Waals surface area contributed by atoms with E-state index in [1.165, 1.54) is 12.8 Å². The SMILES string of the molecule is C=CC(C)NC(=O)CC(N)C1CC1. The van der Waals surface area contributed by atoms with Crippen molar-refractivity contribution in [2.24, 2.45) is 11.7 Å². The molecule has 74 valence electrons. The van der Waals surface area contributed by atoms with Crippen LogP contribution in [-0.4, -0.2) is 18.0 Å². The topological polar surface area (TPSA) is 55.1 Å². The Morgan fingerprint density at radius 3 is 2.85 bits per heavy atom. The highest BCUT2D eigenvalue weighted by Crippen LogP contribution is 2.32. The maximum Gasteiger partial charge on any atom is 0.222 e. The minimum absolute atomic E-state index is 0.0341. The van der Waals surface area contributed by atoms with Crippen LogP contribution in [0, 0.1) is 5.92 Å². The molecule has 3 nitrogen and oxygen atoms in total. The van der Waals surface area contributed by atoms with Crippen LogP contribution in [-0.2, 0) is 4.79 Å². The minimum Gasteiger partial charge on any atom is -0.350 e. The van der Waals surface area contributed by atoms with Gasteiger partial charge in [-0.25, -0.2) is 0 Å². The van der Waals surface area contributed by atoms with Crippen molar-refractivity contribution >= 4 is 5.91 Å². The fourth-order valence-corrected chi connectivity index (χ4v) is 1.28. The van der Waals surface area contributed by atoms with Crippen LogP contribution in [0.3, 0.4) is 0 Å². The lowest BCUT2D eigenvalue weighted by Crippen LogP contribution is -2.36. The van der Waals surface area contributed by atoms with E-state index in [0.717, 1.165) is 0 Å². The van der Waals surface area contributed by atoms with Gasteiger partial charge in [0, 0.05) is 18.5 Å². The largest absolute Gasteiger partial charge is 0.350 e. The van der Waals surface area contributed by atoms with Crippen molar-refractivity contribution in [3.63, 3.8) is 0 Å². The average molecular weight is 182 g/mol. The number of hydrogen-bond donors (Lipinski definition) is 2. The molecule has 0 aliphatic heterocycles. The van der Waals surface area contributed by atoms with E-state index in [1.807, 2.05) is 6.92 Å². The van der Waals surface area contributed by atoms with E-state index in [1.54, 1.807) is 6.08 Å². The molecular weight excluding hydrogens is 164 g/mol. The summed E-state index contributed by atoms with van der Waals surface area (Å²) in [6.07, 6.45) is 4.53. The fraction of sp³-hybridized carbons (Fsp3) is 0.700. The molecule has 1 rings (SSSR count). The number of nitrogens with two attached hydrogens (primary N) is 1. The van der Waals surface area contributed by atoms with Gasteiger partial charge in [-0.15, -0.1) is 6.58 Å². The summed E-state index contributed by atoms with van der Waals surface area (Å²) in [7, 11) is 0. The van der Waals surface area contributed by atoms with Crippen molar-refractivity contribution in [3.05, 3.63) is 12.7 Å². The van der Waals surface area contributed by atoms with Gasteiger partial charge in [0.15, 0.2) is 0 Å². The summed E-state index contributed by atoms with van der Waals surface area (Å²) in [5.74, 6) is 0.622. The van der Waals surface area contributed by atoms with Crippen molar-refractivity contribution in [3.8, 4) is 0 Å². The van der Waals surface area contributed by atoms with Crippen LogP contribution in [0.5, 0.6) is 0 Å². The monoisotopic (exact) mass is 182 g/mol. The number of carbonyl (C=O) groups is 1. The molecule has 2 unspecified atom stereocenters. The molecule has 0 spiro atoms. The molecule has 3 N–H and O–H groups in total. The molecular formula is C10H18N2O. The third kappa shape index (κ3) is 3.59. The van der Waals surface area contributed by atoms with Crippen LogP contribution < -0.4 is 11.1 Å². The molecule has 0 aromatic carbocycles. The molecule has 2 atom stereocenters. The molecule has 1 fully saturated rings. The van der Waals surface area contributed by atoms with Crippen LogP contribution in [0.1, 0.15) is 26.2 Å². The summed E-state index contributed by atoms with van der Waals surface area (Å²) in [5.41, 5.74) is 5.81. The van der Waals surface area contributed by atoms with E-state index in [9.17, 15) is 4.79 Å². The first-order valence-electron chi connectivity index (χ1n) is 4.81. The molecule has 0 aromatic heterocycles. The molecule has 13 heavy (non-hydrogen) atoms. The predicted octanol–water partition coefficient (Wildman–Crippen LogP) is 0.804. The standard InChI is InChI=1S/C10H18N2O/c1-3-7(2)12-10(13)6-9(11)8-4-5-8/h3,7-9H,1,4-6,11H2,2H3,(H,12,13). The molecule has 1 saturated carbocycles. The zero-order valence-corrected chi connectivity index (χ0v) is 8.12. The normalized spacial score (nSPS) is 20.5. The molecule has 1 aliphatic rings. The number of hydrogen-bond acceptors (Lipinski definition) is 2. The predicted molar refractivity (Wildman–Crippen MR) is 53.1 cm³/mol. The van der Waals surface area contributed by atoms with E-state index < -0.39 is 0 Å². The van der Waals surface area contributed by atoms with E-state index in [0.29, 0.717) is 12.3 Å². The number of carbonyl (C=O) groups excluding carboxylic acids is 1. The second-order valence-corrected chi connectivity index (χ2v) is 3.80. The van der Waals surface area contributed by atoms with Crippen molar-refractivity contribution in [2.45, 2.75) is 38.3 Å². The van der Waals surface area contributed by atoms with Gasteiger partial charge in [0.25, 0.3) is 0 Å². The van der Waals surface area contributed by atoms with E-state index in [-0.39, 0.29) is 18.0 Å². The average Bonchev–Trinajstić information content (AvgIpc) is 2.85. The van der Waals surface area contributed by atoms with Gasteiger partial charge in [0.1, 0.15) is 0 Å². The maximum absolute atomic E-state index is 11.3. The van der Waals surface area contributed by atoms with E-state index in [2.05, 4.69) is 11.9 Å². The van der Waals surface area contributed by atoms with E-state index in [4.69, 9.17) is 5.73 Å². The number of rotatable bonds is 5. The molecule has 1 aliphatic carbocycles. The number of amides is 1. The fourth-order valence-electron chi connectivity index (χ4n) is 1.28. The summed E-state index contributed by atoms with van der Waals surface area (Å²) in [6, 6.07) is 0.0934. The quantitative estimate of drug-likeness (QED) is 0.618. The molecule has 1 amide bonds. The van der Waals surface area contributed by atoms with Crippen LogP contribution >= 0.6 is 0 Å². The van der Waals surface area contributed by atoms with Gasteiger partial charge in [-0.3, -0.25) is 4.79 Å². The Hall–Kier alpha value is -0.830. The van der Waals surface area contributed by atoms with Crippen LogP contribution in [0.4, 0.5) is 0 Å². The Morgan fingerprint density at radius 2 is 2.38 bits per heavy atom. The van der Waals surface area contributed by atoms with Crippen LogP contribution in [0.2, 0.25) is 0 Å². The molecule has 0 radical (unpaired) electrons. The van der Waals surface area contributed by atoms with Crippen LogP contribution in [0.15, 0.2) is 12.7 Å². The molecule has 0 heterocycles. The van der Waals surface area contributed by atoms with Crippen molar-refractivity contribution in [2.75, 3.05) is 0 Å². The first kappa shape index (κ1) is 10.3. The van der Waals surface area contributed by atoms with Gasteiger partial charge in [-0.1, -0.05) is 6.08 Å². The van der Waals surface area contributed by atoms with Gasteiger partial charge >= 0.3 is 0 Å². The third-order valence-electron chi connectivity index (χ3n) is 2.39. The van der Waals surface area contributed by atoms with Crippen molar-refractivity contribution < 1.29 is 4.79 Å². The summed E-state index contributed by atoms with van der Waals surface area (Å²) in [6.45, 7) is 5.49. The van der Waals surface area contributed by atoms with Gasteiger partial charge < -0.3 is 11.1 Å². The number of nitrogens with one attached hydrogen (secondary N) is 1. The zero-order valence-electron chi connectivity index (χ0n) is 8.12. The lowest BCUT2D eigenvalue weighted by molar-refractivity contribution is -0.121. The Morgan fingerprint density at radius 1 is 1.77 bits per heavy atom. The first-order chi connectivity index (χ1) is 6.13. The van der Waals surface area contributed by atoms with Crippen molar-refractivity contribution in [1.82, 2.24) is 5.32 Å². The second kappa shape index (κ2) is 4.42. The first-order valence-corrected chi connectivity index (χ1v) is 4.81. The maximum atomic E-state index is 11.3. The van der Waals surface area contributed by atoms with Gasteiger partial charge in [0.05, 0.1) is 0 Å². The molecule has 0 aromatic rings. The Labute approximate surface area is 79.4 Å². The van der Waals surface area contributed by atoms with Crippen LogP contribution in [0.25, 0.3) is 0 Å². The summed E-state index contributed by atoms with van der Waals surface area (Å²) >= 11 is 0. The highest BCUT2D eigenvalue weighted by atomic mass is 16.1. The Bertz CT molecular complexity index is 199.